The molecule has 1 atom stereocenters. The van der Waals surface area contributed by atoms with Crippen LogP contribution in [0.1, 0.15) is 23.7 Å². The van der Waals surface area contributed by atoms with E-state index in [9.17, 15) is 23.5 Å². The van der Waals surface area contributed by atoms with Gasteiger partial charge < -0.3 is 5.11 Å². The van der Waals surface area contributed by atoms with Gasteiger partial charge in [0.15, 0.2) is 11.5 Å². The molecule has 156 valence electrons. The summed E-state index contributed by atoms with van der Waals surface area (Å²) in [6.45, 7) is 0. The Bertz CT molecular complexity index is 1160. The van der Waals surface area contributed by atoms with Crippen LogP contribution in [0, 0.1) is 11.6 Å². The Hall–Kier alpha value is -3.87. The summed E-state index contributed by atoms with van der Waals surface area (Å²) in [7, 11) is 0. The number of pyridine rings is 1. The number of nitrogens with zero attached hydrogens (tertiary/aromatic N) is 2. The number of amides is 1. The molecule has 1 aliphatic rings. The number of aliphatic hydroxyl groups is 1. The number of halogens is 2. The fraction of sp³-hybridized carbons (Fsp3) is 0.125. The molecule has 0 bridgehead atoms. The Morgan fingerprint density at radius 1 is 1.03 bits per heavy atom. The van der Waals surface area contributed by atoms with Gasteiger partial charge in [-0.1, -0.05) is 36.4 Å². The average molecular weight is 420 g/mol. The van der Waals surface area contributed by atoms with E-state index in [1.807, 2.05) is 30.3 Å². The number of benzene rings is 2. The molecular weight excluding hydrogens is 402 g/mol. The summed E-state index contributed by atoms with van der Waals surface area (Å²) in [5.41, 5.74) is 0.621. The monoisotopic (exact) mass is 420 g/mol. The highest BCUT2D eigenvalue weighted by molar-refractivity contribution is 6.16. The van der Waals surface area contributed by atoms with Gasteiger partial charge in [-0.2, -0.15) is 0 Å². The highest BCUT2D eigenvalue weighted by atomic mass is 19.1. The van der Waals surface area contributed by atoms with Crippen molar-refractivity contribution in [3.63, 3.8) is 0 Å². The number of aromatic nitrogens is 1. The van der Waals surface area contributed by atoms with Crippen molar-refractivity contribution in [2.45, 2.75) is 18.9 Å². The van der Waals surface area contributed by atoms with E-state index in [-0.39, 0.29) is 23.4 Å². The summed E-state index contributed by atoms with van der Waals surface area (Å²) < 4.78 is 28.4. The first-order valence-electron chi connectivity index (χ1n) is 9.67. The fourth-order valence-electron chi connectivity index (χ4n) is 3.66. The molecule has 1 unspecified atom stereocenters. The van der Waals surface area contributed by atoms with E-state index >= 15 is 0 Å². The second-order valence-corrected chi connectivity index (χ2v) is 7.10. The third kappa shape index (κ3) is 3.94. The van der Waals surface area contributed by atoms with Gasteiger partial charge in [-0.15, -0.1) is 0 Å². The van der Waals surface area contributed by atoms with Crippen LogP contribution < -0.4 is 4.90 Å². The maximum atomic E-state index is 14.5. The van der Waals surface area contributed by atoms with E-state index in [2.05, 4.69) is 4.98 Å². The van der Waals surface area contributed by atoms with E-state index in [1.165, 1.54) is 6.20 Å². The minimum atomic E-state index is -1.17. The number of aryl methyl sites for hydroxylation is 1. The van der Waals surface area contributed by atoms with Gasteiger partial charge in [0.05, 0.1) is 17.0 Å². The van der Waals surface area contributed by atoms with Crippen LogP contribution in [0.3, 0.4) is 0 Å². The summed E-state index contributed by atoms with van der Waals surface area (Å²) in [6, 6.07) is 15.6. The van der Waals surface area contributed by atoms with E-state index in [1.54, 1.807) is 18.2 Å². The molecule has 1 aliphatic heterocycles. The van der Waals surface area contributed by atoms with Gasteiger partial charge in [0.2, 0.25) is 0 Å². The van der Waals surface area contributed by atoms with Crippen molar-refractivity contribution in [1.82, 2.24) is 4.98 Å². The number of carbonyl (C=O) groups excluding carboxylic acids is 2. The quantitative estimate of drug-likeness (QED) is 0.639. The Kier molecular flexibility index (Phi) is 5.58. The van der Waals surface area contributed by atoms with Gasteiger partial charge in [-0.3, -0.25) is 19.5 Å². The van der Waals surface area contributed by atoms with Crippen LogP contribution in [0.4, 0.5) is 14.5 Å². The van der Waals surface area contributed by atoms with Gasteiger partial charge in [-0.05, 0) is 36.2 Å². The topological polar surface area (TPSA) is 70.5 Å². The molecule has 31 heavy (non-hydrogen) atoms. The Labute approximate surface area is 177 Å². The smallest absolute Gasteiger partial charge is 0.294 e. The first-order valence-corrected chi connectivity index (χ1v) is 9.67. The van der Waals surface area contributed by atoms with Gasteiger partial charge in [0.25, 0.3) is 5.91 Å². The number of hydrogen-bond acceptors (Lipinski definition) is 4. The fourth-order valence-corrected chi connectivity index (χ4v) is 3.66. The largest absolute Gasteiger partial charge is 0.503 e. The van der Waals surface area contributed by atoms with Gasteiger partial charge >= 0.3 is 0 Å². The molecule has 2 heterocycles. The summed E-state index contributed by atoms with van der Waals surface area (Å²) in [4.78, 5) is 31.1. The molecule has 3 aromatic rings. The molecule has 2 aromatic carbocycles. The number of anilines is 1. The van der Waals surface area contributed by atoms with Crippen LogP contribution in [-0.4, -0.2) is 21.8 Å². The molecule has 0 saturated heterocycles. The number of Topliss-reactive ketones (excluding diaryl/α,β-unsaturated/α-hetero) is 1. The first kappa shape index (κ1) is 20.4. The number of rotatable bonds is 6. The maximum Gasteiger partial charge on any atom is 0.294 e. The lowest BCUT2D eigenvalue weighted by molar-refractivity contribution is -0.118. The van der Waals surface area contributed by atoms with Crippen molar-refractivity contribution in [1.29, 1.82) is 0 Å². The molecule has 1 amide bonds. The first-order chi connectivity index (χ1) is 15.0. The van der Waals surface area contributed by atoms with Gasteiger partial charge in [-0.25, -0.2) is 8.78 Å². The predicted molar refractivity (Wildman–Crippen MR) is 110 cm³/mol. The van der Waals surface area contributed by atoms with Crippen LogP contribution in [-0.2, 0) is 16.0 Å². The van der Waals surface area contributed by atoms with Crippen LogP contribution in [0.15, 0.2) is 84.3 Å². The zero-order valence-electron chi connectivity index (χ0n) is 16.3. The van der Waals surface area contributed by atoms with E-state index < -0.39 is 35.1 Å². The van der Waals surface area contributed by atoms with Crippen molar-refractivity contribution in [3.05, 3.63) is 107 Å². The second kappa shape index (κ2) is 8.47. The van der Waals surface area contributed by atoms with Crippen molar-refractivity contribution >= 4 is 17.4 Å². The van der Waals surface area contributed by atoms with Crippen molar-refractivity contribution in [2.24, 2.45) is 0 Å². The number of aliphatic hydroxyl groups excluding tert-OH is 1. The van der Waals surface area contributed by atoms with Crippen LogP contribution in [0.25, 0.3) is 0 Å². The Morgan fingerprint density at radius 3 is 2.48 bits per heavy atom. The molecule has 5 nitrogen and oxygen atoms in total. The van der Waals surface area contributed by atoms with E-state index in [0.717, 1.165) is 28.7 Å². The van der Waals surface area contributed by atoms with Gasteiger partial charge in [0, 0.05) is 18.7 Å². The average Bonchev–Trinajstić information content (AvgIpc) is 3.06. The second-order valence-electron chi connectivity index (χ2n) is 7.10. The molecule has 0 aliphatic carbocycles. The third-order valence-corrected chi connectivity index (χ3v) is 5.13. The normalized spacial score (nSPS) is 16.1. The maximum absolute atomic E-state index is 14.5. The summed E-state index contributed by atoms with van der Waals surface area (Å²) >= 11 is 0. The van der Waals surface area contributed by atoms with E-state index in [0.29, 0.717) is 6.42 Å². The number of ketones is 1. The molecule has 0 saturated carbocycles. The molecule has 7 heteroatoms. The standard InChI is InChI=1S/C24H18F2N2O3/c25-16-10-11-17(26)19(14-16)28-22(18-8-4-5-13-27-18)21(23(30)24(28)31)20(29)12-9-15-6-2-1-3-7-15/h1-8,10-11,13-14,22,30H,9,12H2. The Morgan fingerprint density at radius 2 is 1.77 bits per heavy atom. The molecule has 0 fully saturated rings. The summed E-state index contributed by atoms with van der Waals surface area (Å²) in [6.07, 6.45) is 1.88. The third-order valence-electron chi connectivity index (χ3n) is 5.13. The molecule has 1 N–H and O–H groups in total. The molecular formula is C24H18F2N2O3. The lowest BCUT2D eigenvalue weighted by Crippen LogP contribution is -2.32. The van der Waals surface area contributed by atoms with Crippen molar-refractivity contribution in [2.75, 3.05) is 4.90 Å². The lowest BCUT2D eigenvalue weighted by atomic mass is 9.95. The van der Waals surface area contributed by atoms with Crippen LogP contribution in [0.2, 0.25) is 0 Å². The molecule has 0 spiro atoms. The van der Waals surface area contributed by atoms with Gasteiger partial charge in [0.1, 0.15) is 17.7 Å². The predicted octanol–water partition coefficient (Wildman–Crippen LogP) is 4.46. The minimum absolute atomic E-state index is 0.0273. The molecule has 1 aromatic heterocycles. The molecule has 0 radical (unpaired) electrons. The lowest BCUT2D eigenvalue weighted by Gasteiger charge is -2.26. The summed E-state index contributed by atoms with van der Waals surface area (Å²) in [5.74, 6) is -3.85. The van der Waals surface area contributed by atoms with E-state index in [4.69, 9.17) is 0 Å². The molecule has 4 rings (SSSR count). The van der Waals surface area contributed by atoms with Crippen molar-refractivity contribution < 1.29 is 23.5 Å². The SMILES string of the molecule is O=C(CCc1ccccc1)C1=C(O)C(=O)N(c2cc(F)ccc2F)C1c1ccccn1. The zero-order chi connectivity index (χ0) is 22.0. The van der Waals surface area contributed by atoms with Crippen LogP contribution in [0.5, 0.6) is 0 Å². The van der Waals surface area contributed by atoms with Crippen LogP contribution >= 0.6 is 0 Å². The number of hydrogen-bond donors (Lipinski definition) is 1. The highest BCUT2D eigenvalue weighted by Gasteiger charge is 2.45. The zero-order valence-corrected chi connectivity index (χ0v) is 16.3. The highest BCUT2D eigenvalue weighted by Crippen LogP contribution is 2.41. The number of carbonyl (C=O) groups is 2. The van der Waals surface area contributed by atoms with Crippen molar-refractivity contribution in [3.8, 4) is 0 Å². The minimum Gasteiger partial charge on any atom is -0.503 e. The Balaban J connectivity index is 1.75. The summed E-state index contributed by atoms with van der Waals surface area (Å²) in [5, 5.41) is 10.6.